The zero-order chi connectivity index (χ0) is 17.5. The standard InChI is InChI=1S/C17H12F3NO3/c18-11-7-5-10(6-8-11)14(22)17(19,20)9-21-15(23)12-3-1-2-4-13(12)16(21)24/h1-8,14,22H,9H2/t14-/m1/s1. The number of amides is 2. The van der Waals surface area contributed by atoms with Crippen molar-refractivity contribution in [2.45, 2.75) is 12.0 Å². The summed E-state index contributed by atoms with van der Waals surface area (Å²) in [5.74, 6) is -6.08. The van der Waals surface area contributed by atoms with Crippen LogP contribution in [0.5, 0.6) is 0 Å². The Morgan fingerprint density at radius 3 is 1.96 bits per heavy atom. The van der Waals surface area contributed by atoms with Crippen LogP contribution in [-0.4, -0.2) is 34.3 Å². The molecule has 0 radical (unpaired) electrons. The summed E-state index contributed by atoms with van der Waals surface area (Å²) in [5.41, 5.74) is -0.109. The Hall–Kier alpha value is -2.67. The molecule has 4 nitrogen and oxygen atoms in total. The van der Waals surface area contributed by atoms with Gasteiger partial charge in [0.2, 0.25) is 0 Å². The first kappa shape index (κ1) is 16.2. The van der Waals surface area contributed by atoms with Crippen molar-refractivity contribution in [2.75, 3.05) is 6.54 Å². The van der Waals surface area contributed by atoms with Crippen molar-refractivity contribution in [1.82, 2.24) is 4.90 Å². The number of alkyl halides is 2. The molecule has 1 aliphatic heterocycles. The van der Waals surface area contributed by atoms with Crippen LogP contribution in [0.2, 0.25) is 0 Å². The van der Waals surface area contributed by atoms with Gasteiger partial charge >= 0.3 is 0 Å². The molecule has 124 valence electrons. The lowest BCUT2D eigenvalue weighted by molar-refractivity contribution is -0.118. The lowest BCUT2D eigenvalue weighted by atomic mass is 10.0. The molecule has 2 aromatic carbocycles. The van der Waals surface area contributed by atoms with E-state index in [-0.39, 0.29) is 16.7 Å². The topological polar surface area (TPSA) is 57.6 Å². The maximum atomic E-state index is 14.3. The fourth-order valence-corrected chi connectivity index (χ4v) is 2.57. The van der Waals surface area contributed by atoms with Gasteiger partial charge in [-0.05, 0) is 29.8 Å². The van der Waals surface area contributed by atoms with Gasteiger partial charge < -0.3 is 5.11 Å². The monoisotopic (exact) mass is 335 g/mol. The Kier molecular flexibility index (Phi) is 3.88. The molecule has 0 saturated carbocycles. The molecule has 24 heavy (non-hydrogen) atoms. The van der Waals surface area contributed by atoms with Gasteiger partial charge in [0.15, 0.2) is 0 Å². The summed E-state index contributed by atoms with van der Waals surface area (Å²) in [6, 6.07) is 9.74. The number of aliphatic hydroxyl groups excluding tert-OH is 1. The molecule has 3 rings (SSSR count). The number of carbonyl (C=O) groups excluding carboxylic acids is 2. The molecular weight excluding hydrogens is 323 g/mol. The molecule has 1 aliphatic rings. The molecule has 0 bridgehead atoms. The summed E-state index contributed by atoms with van der Waals surface area (Å²) in [7, 11) is 0. The van der Waals surface area contributed by atoms with Crippen LogP contribution in [0.15, 0.2) is 48.5 Å². The molecule has 0 saturated heterocycles. The van der Waals surface area contributed by atoms with Crippen molar-refractivity contribution in [3.63, 3.8) is 0 Å². The number of rotatable bonds is 4. The van der Waals surface area contributed by atoms with E-state index in [1.165, 1.54) is 24.3 Å². The zero-order valence-electron chi connectivity index (χ0n) is 12.2. The van der Waals surface area contributed by atoms with E-state index in [1.54, 1.807) is 0 Å². The van der Waals surface area contributed by atoms with E-state index in [9.17, 15) is 27.9 Å². The first-order valence-corrected chi connectivity index (χ1v) is 7.08. The molecule has 2 aromatic rings. The highest BCUT2D eigenvalue weighted by molar-refractivity contribution is 6.21. The van der Waals surface area contributed by atoms with Crippen molar-refractivity contribution < 1.29 is 27.9 Å². The van der Waals surface area contributed by atoms with Crippen molar-refractivity contribution in [1.29, 1.82) is 0 Å². The SMILES string of the molecule is O=C1c2ccccc2C(=O)N1CC(F)(F)[C@H](O)c1ccc(F)cc1. The Morgan fingerprint density at radius 2 is 1.46 bits per heavy atom. The van der Waals surface area contributed by atoms with Gasteiger partial charge in [0.05, 0.1) is 17.7 Å². The minimum Gasteiger partial charge on any atom is -0.382 e. The number of halogens is 3. The molecule has 0 aromatic heterocycles. The van der Waals surface area contributed by atoms with E-state index in [0.717, 1.165) is 24.3 Å². The molecular formula is C17H12F3NO3. The smallest absolute Gasteiger partial charge is 0.295 e. The largest absolute Gasteiger partial charge is 0.382 e. The summed E-state index contributed by atoms with van der Waals surface area (Å²) >= 11 is 0. The Balaban J connectivity index is 1.83. The predicted molar refractivity (Wildman–Crippen MR) is 78.1 cm³/mol. The van der Waals surface area contributed by atoms with Crippen LogP contribution in [0.4, 0.5) is 13.2 Å². The Morgan fingerprint density at radius 1 is 0.958 bits per heavy atom. The number of benzene rings is 2. The van der Waals surface area contributed by atoms with Gasteiger partial charge in [-0.1, -0.05) is 24.3 Å². The van der Waals surface area contributed by atoms with Crippen LogP contribution in [-0.2, 0) is 0 Å². The lowest BCUT2D eigenvalue weighted by Crippen LogP contribution is -2.43. The highest BCUT2D eigenvalue weighted by Gasteiger charge is 2.46. The number of hydrogen-bond acceptors (Lipinski definition) is 3. The molecule has 7 heteroatoms. The van der Waals surface area contributed by atoms with E-state index in [2.05, 4.69) is 0 Å². The van der Waals surface area contributed by atoms with Crippen LogP contribution in [0.3, 0.4) is 0 Å². The third-order valence-corrected chi connectivity index (χ3v) is 3.83. The third-order valence-electron chi connectivity index (χ3n) is 3.83. The number of aliphatic hydroxyl groups is 1. The summed E-state index contributed by atoms with van der Waals surface area (Å²) in [6.45, 7) is -1.27. The molecule has 2 amide bonds. The summed E-state index contributed by atoms with van der Waals surface area (Å²) < 4.78 is 41.5. The molecule has 1 heterocycles. The molecule has 0 unspecified atom stereocenters. The van der Waals surface area contributed by atoms with E-state index >= 15 is 0 Å². The second-order valence-electron chi connectivity index (χ2n) is 5.46. The van der Waals surface area contributed by atoms with Crippen LogP contribution >= 0.6 is 0 Å². The zero-order valence-corrected chi connectivity index (χ0v) is 12.2. The Labute approximate surface area is 135 Å². The minimum absolute atomic E-state index is 0.0505. The summed E-state index contributed by atoms with van der Waals surface area (Å²) in [4.78, 5) is 24.7. The van der Waals surface area contributed by atoms with Crippen molar-refractivity contribution in [3.8, 4) is 0 Å². The lowest BCUT2D eigenvalue weighted by Gasteiger charge is -2.26. The first-order valence-electron chi connectivity index (χ1n) is 7.08. The van der Waals surface area contributed by atoms with E-state index in [1.807, 2.05) is 0 Å². The number of imide groups is 1. The van der Waals surface area contributed by atoms with Gasteiger partial charge in [-0.15, -0.1) is 0 Å². The molecule has 0 aliphatic carbocycles. The van der Waals surface area contributed by atoms with E-state index in [4.69, 9.17) is 0 Å². The highest BCUT2D eigenvalue weighted by atomic mass is 19.3. The van der Waals surface area contributed by atoms with Crippen molar-refractivity contribution in [3.05, 3.63) is 71.0 Å². The maximum absolute atomic E-state index is 14.3. The van der Waals surface area contributed by atoms with Gasteiger partial charge in [0.1, 0.15) is 11.9 Å². The number of nitrogens with zero attached hydrogens (tertiary/aromatic N) is 1. The Bertz CT molecular complexity index is 770. The highest BCUT2D eigenvalue weighted by Crippen LogP contribution is 2.34. The summed E-state index contributed by atoms with van der Waals surface area (Å²) in [6.07, 6.45) is -2.28. The van der Waals surface area contributed by atoms with Crippen LogP contribution < -0.4 is 0 Å². The minimum atomic E-state index is -3.79. The van der Waals surface area contributed by atoms with Crippen LogP contribution in [0.25, 0.3) is 0 Å². The molecule has 1 N–H and O–H groups in total. The second kappa shape index (κ2) is 5.76. The number of fused-ring (bicyclic) bond motifs is 1. The van der Waals surface area contributed by atoms with E-state index in [0.29, 0.717) is 4.90 Å². The van der Waals surface area contributed by atoms with Gasteiger partial charge in [0, 0.05) is 0 Å². The molecule has 0 fully saturated rings. The average Bonchev–Trinajstić information content (AvgIpc) is 2.80. The third kappa shape index (κ3) is 2.67. The van der Waals surface area contributed by atoms with Crippen molar-refractivity contribution >= 4 is 11.8 Å². The first-order chi connectivity index (χ1) is 11.3. The molecule has 1 atom stereocenters. The van der Waals surface area contributed by atoms with Crippen molar-refractivity contribution in [2.24, 2.45) is 0 Å². The number of hydrogen-bond donors (Lipinski definition) is 1. The predicted octanol–water partition coefficient (Wildman–Crippen LogP) is 2.79. The fourth-order valence-electron chi connectivity index (χ4n) is 2.57. The number of carbonyl (C=O) groups is 2. The van der Waals surface area contributed by atoms with Gasteiger partial charge in [-0.25, -0.2) is 13.2 Å². The van der Waals surface area contributed by atoms with Crippen LogP contribution in [0, 0.1) is 5.82 Å². The fraction of sp³-hybridized carbons (Fsp3) is 0.176. The van der Waals surface area contributed by atoms with Gasteiger partial charge in [-0.3, -0.25) is 14.5 Å². The molecule has 0 spiro atoms. The summed E-state index contributed by atoms with van der Waals surface area (Å²) in [5, 5.41) is 9.87. The quantitative estimate of drug-likeness (QED) is 0.874. The normalized spacial score (nSPS) is 15.6. The second-order valence-corrected chi connectivity index (χ2v) is 5.46. The van der Waals surface area contributed by atoms with Gasteiger partial charge in [-0.2, -0.15) is 0 Å². The van der Waals surface area contributed by atoms with Crippen LogP contribution in [0.1, 0.15) is 32.4 Å². The average molecular weight is 335 g/mol. The van der Waals surface area contributed by atoms with Gasteiger partial charge in [0.25, 0.3) is 17.7 Å². The van der Waals surface area contributed by atoms with E-state index < -0.39 is 36.2 Å². The maximum Gasteiger partial charge on any atom is 0.295 e.